The lowest BCUT2D eigenvalue weighted by atomic mass is 9.94. The number of benzene rings is 2. The fourth-order valence-corrected chi connectivity index (χ4v) is 10.7. The van der Waals surface area contributed by atoms with Crippen molar-refractivity contribution in [2.24, 2.45) is 0 Å². The smallest absolute Gasteiger partial charge is 0.418 e. The molecule has 0 aromatic heterocycles. The number of ether oxygens (including phenoxy) is 2. The van der Waals surface area contributed by atoms with Crippen molar-refractivity contribution >= 4 is 59.3 Å². The van der Waals surface area contributed by atoms with Crippen LogP contribution in [0.4, 0.5) is 30.6 Å². The SMILES string of the molecule is C.C.C1CC2CCC(C1)N2.CNC(=O)Nc1ccc2c(c1)CC[C@@]21OC(=O)N(CC(=O)N2C3CCCC2CC3)C1=O.CNC(=O)Nc1ccc2c(c1)CC[C@@]21OC(=O)N(CC(=O)O)C1=O. The molecule has 4 bridgehead atoms. The molecule has 0 saturated carbocycles. The van der Waals surface area contributed by atoms with Gasteiger partial charge in [-0.3, -0.25) is 19.2 Å². The molecule has 6 atom stereocenters. The van der Waals surface area contributed by atoms with E-state index in [9.17, 15) is 38.4 Å². The highest BCUT2D eigenvalue weighted by Gasteiger charge is 2.60. The van der Waals surface area contributed by atoms with Gasteiger partial charge < -0.3 is 46.1 Å². The number of anilines is 2. The summed E-state index contributed by atoms with van der Waals surface area (Å²) in [5.41, 5.74) is 1.06. The number of nitrogens with one attached hydrogen (secondary N) is 5. The highest BCUT2D eigenvalue weighted by molar-refractivity contribution is 6.07. The molecule has 2 aromatic carbocycles. The summed E-state index contributed by atoms with van der Waals surface area (Å²) in [5, 5.41) is 22.7. The first kappa shape index (κ1) is 48.2. The van der Waals surface area contributed by atoms with Crippen LogP contribution in [0.25, 0.3) is 0 Å². The Morgan fingerprint density at radius 1 is 0.662 bits per heavy atom. The second-order valence-electron chi connectivity index (χ2n) is 17.4. The molecule has 6 saturated heterocycles. The van der Waals surface area contributed by atoms with Gasteiger partial charge in [-0.2, -0.15) is 0 Å². The summed E-state index contributed by atoms with van der Waals surface area (Å²) in [6.07, 6.45) is 12.2. The number of aliphatic carboxylic acids is 1. The van der Waals surface area contributed by atoms with Crippen molar-refractivity contribution in [3.8, 4) is 0 Å². The Hall–Kier alpha value is -6.24. The van der Waals surface area contributed by atoms with Crippen LogP contribution in [0, 0.1) is 0 Å². The van der Waals surface area contributed by atoms with Crippen molar-refractivity contribution in [3.05, 3.63) is 58.7 Å². The molecular formula is C46H62N8O11. The molecule has 0 radical (unpaired) electrons. The summed E-state index contributed by atoms with van der Waals surface area (Å²) in [6, 6.07) is 11.7. The van der Waals surface area contributed by atoms with Gasteiger partial charge in [0, 0.05) is 73.6 Å². The number of hydrogen-bond donors (Lipinski definition) is 6. The largest absolute Gasteiger partial charge is 0.480 e. The molecule has 6 fully saturated rings. The molecule has 6 heterocycles. The molecule has 352 valence electrons. The maximum Gasteiger partial charge on any atom is 0.418 e. The van der Waals surface area contributed by atoms with Crippen LogP contribution in [0.1, 0.15) is 114 Å². The number of carboxylic acid groups (broad SMARTS) is 1. The van der Waals surface area contributed by atoms with Gasteiger partial charge in [-0.1, -0.05) is 33.4 Å². The predicted octanol–water partition coefficient (Wildman–Crippen LogP) is 5.31. The van der Waals surface area contributed by atoms with Crippen LogP contribution < -0.4 is 26.6 Å². The molecule has 6 aliphatic heterocycles. The highest BCUT2D eigenvalue weighted by atomic mass is 16.6. The van der Waals surface area contributed by atoms with Crippen LogP contribution in [0.2, 0.25) is 0 Å². The van der Waals surface area contributed by atoms with E-state index < -0.39 is 47.7 Å². The molecule has 8 aliphatic rings. The first-order chi connectivity index (χ1) is 30.2. The van der Waals surface area contributed by atoms with Crippen LogP contribution in [-0.2, 0) is 52.7 Å². The molecule has 2 spiro atoms. The Kier molecular flexibility index (Phi) is 14.4. The maximum absolute atomic E-state index is 13.3. The van der Waals surface area contributed by atoms with Crippen molar-refractivity contribution < 1.29 is 52.9 Å². The van der Waals surface area contributed by atoms with Crippen molar-refractivity contribution in [1.82, 2.24) is 30.7 Å². The zero-order chi connectivity index (χ0) is 44.6. The number of aryl methyl sites for hydroxylation is 2. The van der Waals surface area contributed by atoms with E-state index in [-0.39, 0.29) is 57.9 Å². The van der Waals surface area contributed by atoms with Gasteiger partial charge in [0.1, 0.15) is 13.1 Å². The van der Waals surface area contributed by atoms with E-state index in [2.05, 4.69) is 26.6 Å². The number of imide groups is 2. The Morgan fingerprint density at radius 3 is 1.54 bits per heavy atom. The minimum absolute atomic E-state index is 0. The first-order valence-corrected chi connectivity index (χ1v) is 21.9. The summed E-state index contributed by atoms with van der Waals surface area (Å²) in [4.78, 5) is 101. The number of carbonyl (C=O) groups excluding carboxylic acids is 7. The number of carbonyl (C=O) groups is 8. The fraction of sp³-hybridized carbons (Fsp3) is 0.565. The van der Waals surface area contributed by atoms with E-state index in [1.54, 1.807) is 36.4 Å². The third-order valence-corrected chi connectivity index (χ3v) is 13.7. The second kappa shape index (κ2) is 19.5. The molecular weight excluding hydrogens is 841 g/mol. The lowest BCUT2D eigenvalue weighted by Gasteiger charge is -2.35. The minimum atomic E-state index is -1.46. The number of urea groups is 2. The zero-order valence-electron chi connectivity index (χ0n) is 35.5. The standard InChI is InChI=1S/C22H26N4O5.C15H15N3O6.C7H13N.2CH4/c1-23-20(29)24-14-5-8-17-13(11-14)9-10-22(17)19(28)25(21(30)31-22)12-18(27)26-15-3-2-4-16(26)7-6-15;1-16-13(22)17-9-2-3-10-8(6-9)4-5-15(10)12(21)18(7-11(19)20)14(23)24-15;1-2-6-4-5-7(3-1)8-6;;/h5,8,11,15-16H,2-4,6-7,9-10,12H2,1H3,(H2,23,24,29);2-3,6H,4-5,7H2,1H3,(H,19,20)(H2,16,17,22);6-8H,1-5H2;2*1H4/t15?,16?,22-;15-;;;/m11.../s1. The first-order valence-electron chi connectivity index (χ1n) is 21.9. The summed E-state index contributed by atoms with van der Waals surface area (Å²) in [5.74, 6) is -2.60. The maximum atomic E-state index is 13.3. The molecule has 10 rings (SSSR count). The van der Waals surface area contributed by atoms with Gasteiger partial charge in [-0.05, 0) is 106 Å². The average Bonchev–Trinajstić information content (AvgIpc) is 4.08. The van der Waals surface area contributed by atoms with Crippen molar-refractivity contribution in [3.63, 3.8) is 0 Å². The van der Waals surface area contributed by atoms with E-state index in [0.717, 1.165) is 60.2 Å². The molecule has 65 heavy (non-hydrogen) atoms. The van der Waals surface area contributed by atoms with Gasteiger partial charge in [-0.15, -0.1) is 0 Å². The van der Waals surface area contributed by atoms with Crippen LogP contribution in [0.3, 0.4) is 0 Å². The van der Waals surface area contributed by atoms with Gasteiger partial charge in [0.25, 0.3) is 11.8 Å². The number of carboxylic acids is 1. The van der Waals surface area contributed by atoms with Gasteiger partial charge in [0.05, 0.1) is 0 Å². The van der Waals surface area contributed by atoms with Crippen LogP contribution in [0.15, 0.2) is 36.4 Å². The number of piperidine rings is 2. The summed E-state index contributed by atoms with van der Waals surface area (Å²) in [6.45, 7) is -0.997. The second-order valence-corrected chi connectivity index (χ2v) is 17.4. The molecule has 9 amide bonds. The molecule has 6 N–H and O–H groups in total. The molecule has 19 nitrogen and oxygen atoms in total. The highest BCUT2D eigenvalue weighted by Crippen LogP contribution is 2.47. The summed E-state index contributed by atoms with van der Waals surface area (Å²) < 4.78 is 10.9. The lowest BCUT2D eigenvalue weighted by Crippen LogP contribution is -2.50. The van der Waals surface area contributed by atoms with Crippen molar-refractivity contribution in [2.45, 2.75) is 140 Å². The van der Waals surface area contributed by atoms with Crippen LogP contribution >= 0.6 is 0 Å². The summed E-state index contributed by atoms with van der Waals surface area (Å²) in [7, 11) is 3.02. The Morgan fingerprint density at radius 2 is 1.11 bits per heavy atom. The van der Waals surface area contributed by atoms with Gasteiger partial charge in [-0.25, -0.2) is 29.0 Å². The predicted molar refractivity (Wildman–Crippen MR) is 238 cm³/mol. The topological polar surface area (TPSA) is 245 Å². The lowest BCUT2D eigenvalue weighted by molar-refractivity contribution is -0.144. The van der Waals surface area contributed by atoms with E-state index in [1.165, 1.54) is 46.2 Å². The molecule has 2 aliphatic carbocycles. The molecule has 2 aromatic rings. The van der Waals surface area contributed by atoms with Crippen molar-refractivity contribution in [2.75, 3.05) is 37.8 Å². The number of hydrogen-bond acceptors (Lipinski definition) is 11. The van der Waals surface area contributed by atoms with Gasteiger partial charge in [0.2, 0.25) is 17.1 Å². The van der Waals surface area contributed by atoms with E-state index in [4.69, 9.17) is 14.6 Å². The Balaban J connectivity index is 0.000000182. The third-order valence-electron chi connectivity index (χ3n) is 13.7. The summed E-state index contributed by atoms with van der Waals surface area (Å²) >= 11 is 0. The Bertz CT molecular complexity index is 2210. The number of fused-ring (bicyclic) bond motifs is 8. The molecule has 4 unspecified atom stereocenters. The van der Waals surface area contributed by atoms with Crippen LogP contribution in [-0.4, -0.2) is 119 Å². The minimum Gasteiger partial charge on any atom is -0.480 e. The van der Waals surface area contributed by atoms with Gasteiger partial charge in [0.15, 0.2) is 0 Å². The third kappa shape index (κ3) is 9.19. The zero-order valence-corrected chi connectivity index (χ0v) is 35.5. The van der Waals surface area contributed by atoms with E-state index in [0.29, 0.717) is 46.7 Å². The monoisotopic (exact) mass is 902 g/mol. The number of amides is 9. The quantitative estimate of drug-likeness (QED) is 0.216. The fourth-order valence-electron chi connectivity index (χ4n) is 10.7. The van der Waals surface area contributed by atoms with E-state index in [1.807, 2.05) is 4.90 Å². The van der Waals surface area contributed by atoms with Crippen LogP contribution in [0.5, 0.6) is 0 Å². The normalized spacial score (nSPS) is 27.2. The average molecular weight is 903 g/mol. The molecule has 19 heteroatoms. The Labute approximate surface area is 378 Å². The van der Waals surface area contributed by atoms with Gasteiger partial charge >= 0.3 is 30.2 Å². The van der Waals surface area contributed by atoms with Crippen molar-refractivity contribution in [1.29, 1.82) is 0 Å². The number of rotatable bonds is 6. The van der Waals surface area contributed by atoms with E-state index >= 15 is 0 Å². The number of nitrogens with zero attached hydrogens (tertiary/aromatic N) is 3.